The highest BCUT2D eigenvalue weighted by atomic mass is 35.5. The number of hydrogen-bond acceptors (Lipinski definition) is 4. The van der Waals surface area contributed by atoms with Gasteiger partial charge in [-0.1, -0.05) is 35.9 Å². The normalized spacial score (nSPS) is 10.9. The van der Waals surface area contributed by atoms with Gasteiger partial charge in [0.2, 0.25) is 0 Å². The number of methoxy groups -OCH3 is 1. The first-order valence-corrected chi connectivity index (χ1v) is 9.87. The van der Waals surface area contributed by atoms with Gasteiger partial charge in [0.1, 0.15) is 17.1 Å². The van der Waals surface area contributed by atoms with Crippen LogP contribution >= 0.6 is 11.6 Å². The number of aryl methyl sites for hydroxylation is 2. The first-order valence-electron chi connectivity index (χ1n) is 9.49. The van der Waals surface area contributed by atoms with E-state index in [1.807, 2.05) is 44.2 Å². The number of aromatic nitrogens is 3. The number of nitrogens with zero attached hydrogens (tertiary/aromatic N) is 3. The maximum absolute atomic E-state index is 12.6. The molecule has 152 valence electrons. The molecule has 0 unspecified atom stereocenters. The first-order chi connectivity index (χ1) is 14.5. The van der Waals surface area contributed by atoms with Gasteiger partial charge < -0.3 is 14.6 Å². The standard InChI is InChI=1S/C23H21ClN4O2/c1-14-20(27-23(29)18-6-4-5-7-19(18)24)12-21-22(25-14)28(15(2)26-21)13-16-8-10-17(30-3)11-9-16/h4-12H,13H2,1-3H3,(H,27,29). The molecule has 7 heteroatoms. The Morgan fingerprint density at radius 3 is 2.53 bits per heavy atom. The Bertz CT molecular complexity index is 1230. The summed E-state index contributed by atoms with van der Waals surface area (Å²) in [5.74, 6) is 1.39. The van der Waals surface area contributed by atoms with E-state index in [1.165, 1.54) is 0 Å². The summed E-state index contributed by atoms with van der Waals surface area (Å²) in [4.78, 5) is 22.0. The van der Waals surface area contributed by atoms with Crippen LogP contribution in [0.25, 0.3) is 11.2 Å². The number of halogens is 1. The molecule has 0 atom stereocenters. The largest absolute Gasteiger partial charge is 0.497 e. The van der Waals surface area contributed by atoms with E-state index in [1.54, 1.807) is 31.4 Å². The molecule has 2 heterocycles. The molecule has 0 saturated heterocycles. The van der Waals surface area contributed by atoms with Gasteiger partial charge in [-0.15, -0.1) is 0 Å². The number of ether oxygens (including phenoxy) is 1. The molecule has 30 heavy (non-hydrogen) atoms. The summed E-state index contributed by atoms with van der Waals surface area (Å²) < 4.78 is 7.28. The van der Waals surface area contributed by atoms with Crippen LogP contribution in [0.3, 0.4) is 0 Å². The Morgan fingerprint density at radius 2 is 1.83 bits per heavy atom. The lowest BCUT2D eigenvalue weighted by atomic mass is 10.2. The van der Waals surface area contributed by atoms with Gasteiger partial charge in [0.25, 0.3) is 5.91 Å². The van der Waals surface area contributed by atoms with Crippen molar-refractivity contribution in [3.8, 4) is 5.75 Å². The molecule has 6 nitrogen and oxygen atoms in total. The molecule has 0 fully saturated rings. The number of amides is 1. The van der Waals surface area contributed by atoms with Crippen LogP contribution in [0.5, 0.6) is 5.75 Å². The lowest BCUT2D eigenvalue weighted by Crippen LogP contribution is -2.14. The molecule has 0 bridgehead atoms. The van der Waals surface area contributed by atoms with E-state index >= 15 is 0 Å². The molecule has 1 N–H and O–H groups in total. The SMILES string of the molecule is COc1ccc(Cn2c(C)nc3cc(NC(=O)c4ccccc4Cl)c(C)nc32)cc1. The van der Waals surface area contributed by atoms with Gasteiger partial charge in [-0.05, 0) is 49.7 Å². The predicted molar refractivity (Wildman–Crippen MR) is 119 cm³/mol. The van der Waals surface area contributed by atoms with Crippen molar-refractivity contribution in [3.05, 3.63) is 82.3 Å². The van der Waals surface area contributed by atoms with Crippen LogP contribution in [0.4, 0.5) is 5.69 Å². The molecule has 0 aliphatic heterocycles. The summed E-state index contributed by atoms with van der Waals surface area (Å²) in [6.45, 7) is 4.45. The number of imidazole rings is 1. The summed E-state index contributed by atoms with van der Waals surface area (Å²) in [5.41, 5.74) is 4.35. The van der Waals surface area contributed by atoms with Gasteiger partial charge in [0.15, 0.2) is 5.65 Å². The van der Waals surface area contributed by atoms with Crippen LogP contribution in [-0.4, -0.2) is 27.6 Å². The number of fused-ring (bicyclic) bond motifs is 1. The van der Waals surface area contributed by atoms with Crippen LogP contribution in [-0.2, 0) is 6.54 Å². The number of rotatable bonds is 5. The average molecular weight is 421 g/mol. The van der Waals surface area contributed by atoms with E-state index in [0.717, 1.165) is 28.3 Å². The van der Waals surface area contributed by atoms with Gasteiger partial charge in [0.05, 0.1) is 35.6 Å². The van der Waals surface area contributed by atoms with Gasteiger partial charge in [-0.2, -0.15) is 0 Å². The van der Waals surface area contributed by atoms with Crippen molar-refractivity contribution in [1.29, 1.82) is 0 Å². The monoisotopic (exact) mass is 420 g/mol. The highest BCUT2D eigenvalue weighted by Gasteiger charge is 2.16. The highest BCUT2D eigenvalue weighted by Crippen LogP contribution is 2.24. The number of carbonyl (C=O) groups excluding carboxylic acids is 1. The maximum atomic E-state index is 12.6. The van der Waals surface area contributed by atoms with Crippen LogP contribution in [0, 0.1) is 13.8 Å². The molecule has 2 aromatic carbocycles. The molecule has 4 rings (SSSR count). The second-order valence-corrected chi connectivity index (χ2v) is 7.40. The fraction of sp³-hybridized carbons (Fsp3) is 0.174. The molecule has 1 amide bonds. The second-order valence-electron chi connectivity index (χ2n) is 6.99. The van der Waals surface area contributed by atoms with Crippen molar-refractivity contribution in [2.75, 3.05) is 12.4 Å². The van der Waals surface area contributed by atoms with Crippen molar-refractivity contribution < 1.29 is 9.53 Å². The van der Waals surface area contributed by atoms with Crippen LogP contribution < -0.4 is 10.1 Å². The number of anilines is 1. The molecule has 0 saturated carbocycles. The van der Waals surface area contributed by atoms with Crippen molar-refractivity contribution in [3.63, 3.8) is 0 Å². The molecular weight excluding hydrogens is 400 g/mol. The summed E-state index contributed by atoms with van der Waals surface area (Å²) >= 11 is 6.14. The van der Waals surface area contributed by atoms with E-state index < -0.39 is 0 Å². The fourth-order valence-corrected chi connectivity index (χ4v) is 3.54. The van der Waals surface area contributed by atoms with Crippen LogP contribution in [0.1, 0.15) is 27.4 Å². The minimum Gasteiger partial charge on any atom is -0.497 e. The topological polar surface area (TPSA) is 69.0 Å². The zero-order chi connectivity index (χ0) is 21.3. The van der Waals surface area contributed by atoms with Crippen LogP contribution in [0.2, 0.25) is 5.02 Å². The third-order valence-corrected chi connectivity index (χ3v) is 5.30. The van der Waals surface area contributed by atoms with Gasteiger partial charge >= 0.3 is 0 Å². The number of hydrogen-bond donors (Lipinski definition) is 1. The van der Waals surface area contributed by atoms with Crippen molar-refractivity contribution in [2.45, 2.75) is 20.4 Å². The van der Waals surface area contributed by atoms with Gasteiger partial charge in [-0.25, -0.2) is 9.97 Å². The third-order valence-electron chi connectivity index (χ3n) is 4.97. The Balaban J connectivity index is 1.64. The van der Waals surface area contributed by atoms with E-state index in [4.69, 9.17) is 21.3 Å². The quantitative estimate of drug-likeness (QED) is 0.492. The van der Waals surface area contributed by atoms with E-state index in [2.05, 4.69) is 14.9 Å². The van der Waals surface area contributed by atoms with E-state index in [0.29, 0.717) is 28.5 Å². The molecule has 0 aliphatic carbocycles. The average Bonchev–Trinajstić information content (AvgIpc) is 3.03. The van der Waals surface area contributed by atoms with Crippen molar-refractivity contribution in [1.82, 2.24) is 14.5 Å². The van der Waals surface area contributed by atoms with E-state index in [9.17, 15) is 4.79 Å². The lowest BCUT2D eigenvalue weighted by molar-refractivity contribution is 0.102. The minimum atomic E-state index is -0.278. The number of carbonyl (C=O) groups is 1. The Morgan fingerprint density at radius 1 is 1.10 bits per heavy atom. The fourth-order valence-electron chi connectivity index (χ4n) is 3.32. The van der Waals surface area contributed by atoms with Crippen LogP contribution in [0.15, 0.2) is 54.6 Å². The molecular formula is C23H21ClN4O2. The van der Waals surface area contributed by atoms with Crippen molar-refractivity contribution in [2.24, 2.45) is 0 Å². The zero-order valence-corrected chi connectivity index (χ0v) is 17.7. The summed E-state index contributed by atoms with van der Waals surface area (Å²) in [7, 11) is 1.65. The molecule has 0 radical (unpaired) electrons. The Hall–Kier alpha value is -3.38. The number of pyridine rings is 1. The second kappa shape index (κ2) is 8.16. The third kappa shape index (κ3) is 3.86. The Labute approximate surface area is 179 Å². The summed E-state index contributed by atoms with van der Waals surface area (Å²) in [5, 5.41) is 3.31. The molecule has 4 aromatic rings. The molecule has 0 aliphatic rings. The number of benzene rings is 2. The zero-order valence-electron chi connectivity index (χ0n) is 16.9. The molecule has 2 aromatic heterocycles. The summed E-state index contributed by atoms with van der Waals surface area (Å²) in [6.07, 6.45) is 0. The predicted octanol–water partition coefficient (Wildman–Crippen LogP) is 5.01. The first kappa shape index (κ1) is 19.9. The Kier molecular flexibility index (Phi) is 5.42. The van der Waals surface area contributed by atoms with Crippen molar-refractivity contribution >= 4 is 34.4 Å². The lowest BCUT2D eigenvalue weighted by Gasteiger charge is -2.11. The summed E-state index contributed by atoms with van der Waals surface area (Å²) in [6, 6.07) is 16.7. The molecule has 0 spiro atoms. The highest BCUT2D eigenvalue weighted by molar-refractivity contribution is 6.34. The van der Waals surface area contributed by atoms with Gasteiger partial charge in [-0.3, -0.25) is 4.79 Å². The van der Waals surface area contributed by atoms with E-state index in [-0.39, 0.29) is 5.91 Å². The maximum Gasteiger partial charge on any atom is 0.257 e. The number of nitrogens with one attached hydrogen (secondary N) is 1. The minimum absolute atomic E-state index is 0.278. The smallest absolute Gasteiger partial charge is 0.257 e. The van der Waals surface area contributed by atoms with Gasteiger partial charge in [0, 0.05) is 0 Å².